The van der Waals surface area contributed by atoms with Crippen LogP contribution in [-0.4, -0.2) is 9.97 Å². The van der Waals surface area contributed by atoms with Gasteiger partial charge in [0.1, 0.15) is 11.9 Å². The van der Waals surface area contributed by atoms with E-state index in [9.17, 15) is 4.79 Å². The first-order valence-corrected chi connectivity index (χ1v) is 10.9. The first-order chi connectivity index (χ1) is 15.8. The zero-order chi connectivity index (χ0) is 23.2. The molecule has 5 aromatic rings. The number of aromatic nitrogens is 2. The van der Waals surface area contributed by atoms with Crippen molar-refractivity contribution in [2.75, 3.05) is 0 Å². The zero-order valence-corrected chi connectivity index (χ0v) is 19.0. The lowest BCUT2D eigenvalue weighted by Gasteiger charge is -2.19. The van der Waals surface area contributed by atoms with E-state index in [0.717, 1.165) is 22.0 Å². The third kappa shape index (κ3) is 3.87. The van der Waals surface area contributed by atoms with Gasteiger partial charge in [0, 0.05) is 5.56 Å². The molecule has 0 N–H and O–H groups in total. The minimum Gasteiger partial charge on any atom is -0.452 e. The van der Waals surface area contributed by atoms with E-state index in [0.29, 0.717) is 22.6 Å². The number of para-hydroxylation sites is 1. The average Bonchev–Trinajstić information content (AvgIpc) is 2.81. The van der Waals surface area contributed by atoms with Crippen molar-refractivity contribution in [3.63, 3.8) is 0 Å². The summed E-state index contributed by atoms with van der Waals surface area (Å²) in [5.74, 6) is 0.799. The molecule has 0 saturated carbocycles. The van der Waals surface area contributed by atoms with Gasteiger partial charge in [0.05, 0.1) is 16.3 Å². The van der Waals surface area contributed by atoms with E-state index in [-0.39, 0.29) is 16.6 Å². The molecule has 2 heterocycles. The number of nitrogens with zero attached hydrogens (tertiary/aromatic N) is 2. The predicted octanol–water partition coefficient (Wildman–Crippen LogP) is 6.80. The molecule has 0 spiro atoms. The van der Waals surface area contributed by atoms with Crippen LogP contribution in [0.2, 0.25) is 0 Å². The van der Waals surface area contributed by atoms with E-state index in [1.165, 1.54) is 11.9 Å². The Morgan fingerprint density at radius 3 is 2.39 bits per heavy atom. The van der Waals surface area contributed by atoms with E-state index in [4.69, 9.17) is 9.15 Å². The highest BCUT2D eigenvalue weighted by Crippen LogP contribution is 2.36. The minimum absolute atomic E-state index is 0.0134. The van der Waals surface area contributed by atoms with E-state index >= 15 is 0 Å². The number of hydrogen-bond donors (Lipinski definition) is 0. The molecule has 0 amide bonds. The van der Waals surface area contributed by atoms with Crippen molar-refractivity contribution >= 4 is 21.9 Å². The van der Waals surface area contributed by atoms with Crippen LogP contribution in [0.4, 0.5) is 0 Å². The normalized spacial score (nSPS) is 11.8. The second-order valence-corrected chi connectivity index (χ2v) is 9.21. The molecule has 0 fully saturated rings. The summed E-state index contributed by atoms with van der Waals surface area (Å²) in [6, 6.07) is 21.1. The van der Waals surface area contributed by atoms with E-state index in [1.54, 1.807) is 0 Å². The van der Waals surface area contributed by atoms with Crippen LogP contribution < -0.4 is 10.2 Å². The van der Waals surface area contributed by atoms with Crippen LogP contribution in [0.15, 0.2) is 82.3 Å². The Hall–Kier alpha value is -3.99. The van der Waals surface area contributed by atoms with E-state index < -0.39 is 0 Å². The SMILES string of the molecule is Cc1ccc2oc(-c3ccc(C(C)(C)C)cc3)c(Oc3ncnc4ccccc34)c(=O)c2c1. The third-order valence-corrected chi connectivity index (χ3v) is 5.72. The molecule has 2 aromatic heterocycles. The topological polar surface area (TPSA) is 65.2 Å². The zero-order valence-electron chi connectivity index (χ0n) is 19.0. The molecule has 0 aliphatic rings. The quantitative estimate of drug-likeness (QED) is 0.311. The van der Waals surface area contributed by atoms with Gasteiger partial charge in [-0.3, -0.25) is 4.79 Å². The van der Waals surface area contributed by atoms with Gasteiger partial charge in [-0.2, -0.15) is 0 Å². The Bertz CT molecular complexity index is 1540. The summed E-state index contributed by atoms with van der Waals surface area (Å²) in [4.78, 5) is 22.2. The number of aryl methyl sites for hydroxylation is 1. The van der Waals surface area contributed by atoms with Crippen molar-refractivity contribution in [2.45, 2.75) is 33.1 Å². The molecule has 164 valence electrons. The van der Waals surface area contributed by atoms with Gasteiger partial charge >= 0.3 is 0 Å². The molecular weight excluding hydrogens is 412 g/mol. The van der Waals surface area contributed by atoms with Crippen molar-refractivity contribution in [3.05, 3.63) is 94.4 Å². The van der Waals surface area contributed by atoms with Crippen LogP contribution in [0.3, 0.4) is 0 Å². The summed E-state index contributed by atoms with van der Waals surface area (Å²) in [5, 5.41) is 1.19. The number of rotatable bonds is 3. The molecule has 0 unspecified atom stereocenters. The Balaban J connectivity index is 1.74. The van der Waals surface area contributed by atoms with Gasteiger partial charge in [-0.25, -0.2) is 9.97 Å². The van der Waals surface area contributed by atoms with Crippen LogP contribution in [-0.2, 0) is 5.41 Å². The molecule has 5 rings (SSSR count). The standard InChI is InChI=1S/C28H24N2O3/c1-17-9-14-23-21(15-17)24(31)26(33-27-20-7-5-6-8-22(20)29-16-30-27)25(32-23)18-10-12-19(13-11-18)28(2,3)4/h5-16H,1-4H3. The van der Waals surface area contributed by atoms with Crippen molar-refractivity contribution in [2.24, 2.45) is 0 Å². The highest BCUT2D eigenvalue weighted by Gasteiger charge is 2.21. The summed E-state index contributed by atoms with van der Waals surface area (Å²) in [6.07, 6.45) is 1.43. The highest BCUT2D eigenvalue weighted by molar-refractivity contribution is 5.85. The summed E-state index contributed by atoms with van der Waals surface area (Å²) < 4.78 is 12.5. The molecule has 0 aliphatic heterocycles. The molecule has 0 radical (unpaired) electrons. The van der Waals surface area contributed by atoms with Crippen LogP contribution in [0, 0.1) is 6.92 Å². The number of benzene rings is 3. The summed E-state index contributed by atoms with van der Waals surface area (Å²) >= 11 is 0. The molecular formula is C28H24N2O3. The lowest BCUT2D eigenvalue weighted by molar-refractivity contribution is 0.446. The van der Waals surface area contributed by atoms with Crippen LogP contribution >= 0.6 is 0 Å². The second kappa shape index (κ2) is 7.85. The molecule has 3 aromatic carbocycles. The van der Waals surface area contributed by atoms with Crippen molar-refractivity contribution in [1.82, 2.24) is 9.97 Å². The fraction of sp³-hybridized carbons (Fsp3) is 0.179. The third-order valence-electron chi connectivity index (χ3n) is 5.72. The maximum Gasteiger partial charge on any atom is 0.235 e. The fourth-order valence-electron chi connectivity index (χ4n) is 3.85. The van der Waals surface area contributed by atoms with Crippen LogP contribution in [0.25, 0.3) is 33.2 Å². The van der Waals surface area contributed by atoms with Gasteiger partial charge in [0.25, 0.3) is 0 Å². The molecule has 5 nitrogen and oxygen atoms in total. The maximum atomic E-state index is 13.6. The van der Waals surface area contributed by atoms with Crippen molar-refractivity contribution in [1.29, 1.82) is 0 Å². The van der Waals surface area contributed by atoms with E-state index in [1.807, 2.05) is 61.5 Å². The molecule has 0 saturated heterocycles. The van der Waals surface area contributed by atoms with Crippen molar-refractivity contribution in [3.8, 4) is 23.0 Å². The largest absolute Gasteiger partial charge is 0.452 e. The van der Waals surface area contributed by atoms with Gasteiger partial charge in [-0.05, 0) is 42.2 Å². The Morgan fingerprint density at radius 1 is 0.879 bits per heavy atom. The van der Waals surface area contributed by atoms with Crippen LogP contribution in [0.1, 0.15) is 31.9 Å². The minimum atomic E-state index is -0.238. The monoisotopic (exact) mass is 436 g/mol. The highest BCUT2D eigenvalue weighted by atomic mass is 16.5. The predicted molar refractivity (Wildman–Crippen MR) is 131 cm³/mol. The van der Waals surface area contributed by atoms with Gasteiger partial charge in [0.2, 0.25) is 17.1 Å². The maximum absolute atomic E-state index is 13.6. The Kier molecular flexibility index (Phi) is 4.97. The van der Waals surface area contributed by atoms with Gasteiger partial charge in [0.15, 0.2) is 5.76 Å². The molecule has 33 heavy (non-hydrogen) atoms. The number of fused-ring (bicyclic) bond motifs is 2. The molecule has 5 heteroatoms. The van der Waals surface area contributed by atoms with Crippen molar-refractivity contribution < 1.29 is 9.15 Å². The summed E-state index contributed by atoms with van der Waals surface area (Å²) in [7, 11) is 0. The molecule has 0 bridgehead atoms. The van der Waals surface area contributed by atoms with E-state index in [2.05, 4.69) is 42.9 Å². The lowest BCUT2D eigenvalue weighted by Crippen LogP contribution is -2.11. The van der Waals surface area contributed by atoms with Gasteiger partial charge in [-0.15, -0.1) is 0 Å². The second-order valence-electron chi connectivity index (χ2n) is 9.21. The number of ether oxygens (including phenoxy) is 1. The Morgan fingerprint density at radius 2 is 1.64 bits per heavy atom. The smallest absolute Gasteiger partial charge is 0.235 e. The summed E-state index contributed by atoms with van der Waals surface area (Å²) in [6.45, 7) is 8.43. The lowest BCUT2D eigenvalue weighted by atomic mass is 9.86. The first-order valence-electron chi connectivity index (χ1n) is 10.9. The average molecular weight is 437 g/mol. The molecule has 0 aliphatic carbocycles. The van der Waals surface area contributed by atoms with Gasteiger partial charge < -0.3 is 9.15 Å². The first kappa shape index (κ1) is 20.9. The van der Waals surface area contributed by atoms with Crippen LogP contribution in [0.5, 0.6) is 11.6 Å². The number of hydrogen-bond acceptors (Lipinski definition) is 5. The molecule has 0 atom stereocenters. The fourth-order valence-corrected chi connectivity index (χ4v) is 3.85. The Labute approximate surface area is 191 Å². The van der Waals surface area contributed by atoms with Gasteiger partial charge in [-0.1, -0.05) is 68.8 Å². The summed E-state index contributed by atoms with van der Waals surface area (Å²) in [5.41, 5.74) is 3.94.